The number of ether oxygens (including phenoxy) is 1. The van der Waals surface area contributed by atoms with E-state index in [9.17, 15) is 29.1 Å². The number of thioether (sulfide) groups is 1. The van der Waals surface area contributed by atoms with Gasteiger partial charge in [-0.25, -0.2) is 0 Å². The minimum atomic E-state index is -1.75. The van der Waals surface area contributed by atoms with Gasteiger partial charge in [0.2, 0.25) is 17.7 Å². The van der Waals surface area contributed by atoms with E-state index in [1.165, 1.54) is 16.7 Å². The summed E-state index contributed by atoms with van der Waals surface area (Å²) in [5.74, 6) is -2.44. The SMILES string of the molecule is CC(C)(C)NC(=O)[C@@H]1CSCN1C(=O)[C@@H](O)[C@H](Cc1ccccc1)NC(=O)C(CC(N)=O)NC(=O)COc1cccc2ccccc12. The van der Waals surface area contributed by atoms with Gasteiger partial charge in [0.05, 0.1) is 18.3 Å². The Balaban J connectivity index is 1.48. The van der Waals surface area contributed by atoms with E-state index in [-0.39, 0.29) is 18.2 Å². The van der Waals surface area contributed by atoms with Gasteiger partial charge in [0, 0.05) is 16.7 Å². The summed E-state index contributed by atoms with van der Waals surface area (Å²) in [7, 11) is 0. The molecule has 3 aromatic rings. The molecule has 0 spiro atoms. The first-order valence-electron chi connectivity index (χ1n) is 15.2. The first kappa shape index (κ1) is 35.2. The maximum Gasteiger partial charge on any atom is 0.258 e. The number of nitrogens with zero attached hydrogens (tertiary/aromatic N) is 1. The van der Waals surface area contributed by atoms with E-state index in [0.29, 0.717) is 17.1 Å². The third-order valence-corrected chi connectivity index (χ3v) is 8.40. The Kier molecular flexibility index (Phi) is 11.8. The number of hydrogen-bond acceptors (Lipinski definition) is 8. The lowest BCUT2D eigenvalue weighted by molar-refractivity contribution is -0.147. The summed E-state index contributed by atoms with van der Waals surface area (Å²) in [6.07, 6.45) is -2.24. The summed E-state index contributed by atoms with van der Waals surface area (Å²) < 4.78 is 5.73. The van der Waals surface area contributed by atoms with Crippen LogP contribution in [0, 0.1) is 0 Å². The van der Waals surface area contributed by atoms with Crippen molar-refractivity contribution in [3.05, 3.63) is 78.4 Å². The van der Waals surface area contributed by atoms with E-state index < -0.39 is 66.4 Å². The third-order valence-electron chi connectivity index (χ3n) is 7.39. The summed E-state index contributed by atoms with van der Waals surface area (Å²) in [6.45, 7) is 5.04. The highest BCUT2D eigenvalue weighted by atomic mass is 32.2. The summed E-state index contributed by atoms with van der Waals surface area (Å²) in [6, 6.07) is 18.4. The van der Waals surface area contributed by atoms with Crippen LogP contribution < -0.4 is 26.4 Å². The molecule has 0 aromatic heterocycles. The fourth-order valence-electron chi connectivity index (χ4n) is 5.18. The largest absolute Gasteiger partial charge is 0.483 e. The lowest BCUT2D eigenvalue weighted by Gasteiger charge is -2.32. The molecule has 1 saturated heterocycles. The molecule has 4 rings (SSSR count). The molecule has 47 heavy (non-hydrogen) atoms. The predicted molar refractivity (Wildman–Crippen MR) is 179 cm³/mol. The monoisotopic (exact) mass is 663 g/mol. The minimum Gasteiger partial charge on any atom is -0.483 e. The Morgan fingerprint density at radius 3 is 2.36 bits per heavy atom. The van der Waals surface area contributed by atoms with Crippen molar-refractivity contribution in [2.24, 2.45) is 5.73 Å². The van der Waals surface area contributed by atoms with E-state index in [2.05, 4.69) is 16.0 Å². The standard InChI is InChI=1S/C34H41N5O7S/c1-34(2,3)38-32(44)26-19-47-20-39(26)33(45)30(42)24(16-21-10-5-4-6-11-21)37-31(43)25(17-28(35)40)36-29(41)18-46-27-15-9-13-22-12-7-8-14-23(22)27/h4-15,24-26,30,42H,16-20H2,1-3H3,(H2,35,40)(H,36,41)(H,37,43)(H,38,44)/t24-,25?,26-,30-/m0/s1. The molecule has 1 unspecified atom stereocenters. The van der Waals surface area contributed by atoms with Crippen LogP contribution >= 0.6 is 11.8 Å². The molecule has 1 heterocycles. The van der Waals surface area contributed by atoms with Gasteiger partial charge in [0.1, 0.15) is 17.8 Å². The average molecular weight is 664 g/mol. The van der Waals surface area contributed by atoms with Gasteiger partial charge in [0.25, 0.3) is 11.8 Å². The molecule has 5 amide bonds. The Hall–Kier alpha value is -4.62. The molecule has 1 fully saturated rings. The van der Waals surface area contributed by atoms with Crippen LogP contribution in [0.15, 0.2) is 72.8 Å². The summed E-state index contributed by atoms with van der Waals surface area (Å²) in [4.78, 5) is 66.3. The first-order chi connectivity index (χ1) is 22.3. The quantitative estimate of drug-likeness (QED) is 0.182. The highest BCUT2D eigenvalue weighted by molar-refractivity contribution is 7.99. The molecule has 0 bridgehead atoms. The highest BCUT2D eigenvalue weighted by Gasteiger charge is 2.41. The van der Waals surface area contributed by atoms with Crippen LogP contribution in [0.25, 0.3) is 10.8 Å². The van der Waals surface area contributed by atoms with Crippen molar-refractivity contribution in [2.45, 2.75) is 63.4 Å². The molecule has 0 saturated carbocycles. The second kappa shape index (κ2) is 15.8. The fourth-order valence-corrected chi connectivity index (χ4v) is 6.34. The molecular formula is C34H41N5O7S. The smallest absolute Gasteiger partial charge is 0.258 e. The molecule has 0 aliphatic carbocycles. The van der Waals surface area contributed by atoms with Crippen molar-refractivity contribution in [1.29, 1.82) is 0 Å². The Morgan fingerprint density at radius 1 is 0.979 bits per heavy atom. The van der Waals surface area contributed by atoms with E-state index in [4.69, 9.17) is 10.5 Å². The van der Waals surface area contributed by atoms with Gasteiger partial charge < -0.3 is 36.4 Å². The maximum atomic E-state index is 13.6. The number of aliphatic hydroxyl groups excluding tert-OH is 1. The van der Waals surface area contributed by atoms with Gasteiger partial charge >= 0.3 is 0 Å². The van der Waals surface area contributed by atoms with Crippen LogP contribution in [0.5, 0.6) is 5.75 Å². The van der Waals surface area contributed by atoms with Gasteiger partial charge in [-0.2, -0.15) is 0 Å². The zero-order valence-electron chi connectivity index (χ0n) is 26.6. The van der Waals surface area contributed by atoms with Crippen LogP contribution in [0.4, 0.5) is 0 Å². The molecule has 13 heteroatoms. The van der Waals surface area contributed by atoms with Gasteiger partial charge in [-0.15, -0.1) is 11.8 Å². The lowest BCUT2D eigenvalue weighted by atomic mass is 9.99. The van der Waals surface area contributed by atoms with Crippen molar-refractivity contribution in [3.63, 3.8) is 0 Å². The van der Waals surface area contributed by atoms with Crippen molar-refractivity contribution in [3.8, 4) is 5.75 Å². The van der Waals surface area contributed by atoms with Crippen LogP contribution in [0.1, 0.15) is 32.8 Å². The van der Waals surface area contributed by atoms with Crippen molar-refractivity contribution >= 4 is 52.1 Å². The molecule has 0 radical (unpaired) electrons. The molecule has 250 valence electrons. The fraction of sp³-hybridized carbons (Fsp3) is 0.382. The summed E-state index contributed by atoms with van der Waals surface area (Å²) in [5, 5.41) is 21.1. The maximum absolute atomic E-state index is 13.6. The second-order valence-electron chi connectivity index (χ2n) is 12.4. The number of carbonyl (C=O) groups is 5. The molecule has 1 aliphatic rings. The number of benzene rings is 3. The van der Waals surface area contributed by atoms with E-state index in [1.807, 2.05) is 51.1 Å². The van der Waals surface area contributed by atoms with E-state index in [0.717, 1.165) is 10.8 Å². The van der Waals surface area contributed by atoms with Crippen LogP contribution in [0.3, 0.4) is 0 Å². The first-order valence-corrected chi connectivity index (χ1v) is 16.4. The number of carbonyl (C=O) groups excluding carboxylic acids is 5. The summed E-state index contributed by atoms with van der Waals surface area (Å²) >= 11 is 1.38. The second-order valence-corrected chi connectivity index (χ2v) is 13.4. The predicted octanol–water partition coefficient (Wildman–Crippen LogP) is 1.48. The number of rotatable bonds is 13. The zero-order valence-corrected chi connectivity index (χ0v) is 27.4. The molecule has 1 aliphatic heterocycles. The van der Waals surface area contributed by atoms with Crippen molar-refractivity contribution < 1.29 is 33.8 Å². The van der Waals surface area contributed by atoms with Gasteiger partial charge in [-0.3, -0.25) is 24.0 Å². The lowest BCUT2D eigenvalue weighted by Crippen LogP contribution is -2.59. The van der Waals surface area contributed by atoms with Gasteiger partial charge in [0.15, 0.2) is 12.7 Å². The normalized spacial score (nSPS) is 16.5. The Labute approximate surface area is 277 Å². The third kappa shape index (κ3) is 9.93. The van der Waals surface area contributed by atoms with Crippen molar-refractivity contribution in [2.75, 3.05) is 18.2 Å². The number of nitrogens with one attached hydrogen (secondary N) is 3. The molecule has 12 nitrogen and oxygen atoms in total. The molecule has 3 aromatic carbocycles. The highest BCUT2D eigenvalue weighted by Crippen LogP contribution is 2.25. The van der Waals surface area contributed by atoms with Crippen molar-refractivity contribution in [1.82, 2.24) is 20.9 Å². The summed E-state index contributed by atoms with van der Waals surface area (Å²) in [5.41, 5.74) is 5.60. The van der Waals surface area contributed by atoms with Crippen LogP contribution in [0.2, 0.25) is 0 Å². The van der Waals surface area contributed by atoms with Crippen LogP contribution in [-0.4, -0.2) is 87.5 Å². The molecular weight excluding hydrogens is 622 g/mol. The number of nitrogens with two attached hydrogens (primary N) is 1. The minimum absolute atomic E-state index is 0.0424. The number of primary amides is 1. The Morgan fingerprint density at radius 2 is 1.66 bits per heavy atom. The van der Waals surface area contributed by atoms with E-state index in [1.54, 1.807) is 42.5 Å². The van der Waals surface area contributed by atoms with E-state index >= 15 is 0 Å². The van der Waals surface area contributed by atoms with Crippen LogP contribution in [-0.2, 0) is 30.4 Å². The zero-order chi connectivity index (χ0) is 34.1. The molecule has 4 atom stereocenters. The number of aliphatic hydroxyl groups is 1. The van der Waals surface area contributed by atoms with Gasteiger partial charge in [-0.05, 0) is 44.2 Å². The number of hydrogen-bond donors (Lipinski definition) is 5. The number of fused-ring (bicyclic) bond motifs is 1. The van der Waals surface area contributed by atoms with Gasteiger partial charge in [-0.1, -0.05) is 66.7 Å². The average Bonchev–Trinajstić information content (AvgIpc) is 3.52. The number of amides is 5. The Bertz CT molecular complexity index is 1590. The molecule has 6 N–H and O–H groups in total. The topological polar surface area (TPSA) is 180 Å².